The van der Waals surface area contributed by atoms with Crippen molar-refractivity contribution in [1.82, 2.24) is 0 Å². The molecule has 2 atom stereocenters. The third kappa shape index (κ3) is 2.50. The molecule has 3 nitrogen and oxygen atoms in total. The first kappa shape index (κ1) is 11.7. The van der Waals surface area contributed by atoms with E-state index in [1.807, 2.05) is 62.4 Å². The van der Waals surface area contributed by atoms with Crippen molar-refractivity contribution in [3.8, 4) is 0 Å². The van der Waals surface area contributed by atoms with Gasteiger partial charge in [0.05, 0.1) is 5.69 Å². The third-order valence-corrected chi connectivity index (χ3v) is 3.05. The maximum Gasteiger partial charge on any atom is 0.154 e. The van der Waals surface area contributed by atoms with E-state index < -0.39 is 5.66 Å². The van der Waals surface area contributed by atoms with Crippen LogP contribution in [0.1, 0.15) is 12.5 Å². The highest BCUT2D eigenvalue weighted by molar-refractivity contribution is 5.44. The molecule has 0 unspecified atom stereocenters. The highest BCUT2D eigenvalue weighted by Gasteiger charge is 2.28. The lowest BCUT2D eigenvalue weighted by molar-refractivity contribution is 0.417. The quantitative estimate of drug-likeness (QED) is 0.772. The van der Waals surface area contributed by atoms with E-state index in [0.29, 0.717) is 0 Å². The maximum absolute atomic E-state index is 6.20. The maximum atomic E-state index is 6.20. The van der Waals surface area contributed by atoms with Crippen molar-refractivity contribution in [2.75, 3.05) is 0 Å². The SMILES string of the molecule is Cc1ccccc1N=N[C@]1(N)C=CC=C[C@@H]1C. The van der Waals surface area contributed by atoms with Crippen LogP contribution in [0.5, 0.6) is 0 Å². The monoisotopic (exact) mass is 227 g/mol. The van der Waals surface area contributed by atoms with Gasteiger partial charge < -0.3 is 5.73 Å². The molecule has 0 saturated heterocycles. The largest absolute Gasteiger partial charge is 0.302 e. The molecule has 2 N–H and O–H groups in total. The lowest BCUT2D eigenvalue weighted by atomic mass is 9.92. The molecule has 1 aromatic rings. The van der Waals surface area contributed by atoms with E-state index in [2.05, 4.69) is 10.2 Å². The number of allylic oxidation sites excluding steroid dienone is 2. The summed E-state index contributed by atoms with van der Waals surface area (Å²) in [5.74, 6) is 0.153. The summed E-state index contributed by atoms with van der Waals surface area (Å²) in [4.78, 5) is 0. The Labute approximate surface area is 102 Å². The third-order valence-electron chi connectivity index (χ3n) is 3.05. The zero-order chi connectivity index (χ0) is 12.3. The van der Waals surface area contributed by atoms with Crippen LogP contribution in [0.15, 0.2) is 58.8 Å². The van der Waals surface area contributed by atoms with E-state index in [0.717, 1.165) is 11.3 Å². The van der Waals surface area contributed by atoms with Gasteiger partial charge in [-0.05, 0) is 24.6 Å². The molecule has 1 aliphatic carbocycles. The Morgan fingerprint density at radius 1 is 1.24 bits per heavy atom. The van der Waals surface area contributed by atoms with Crippen LogP contribution in [-0.2, 0) is 0 Å². The summed E-state index contributed by atoms with van der Waals surface area (Å²) in [6.07, 6.45) is 7.83. The average molecular weight is 227 g/mol. The van der Waals surface area contributed by atoms with E-state index in [1.165, 1.54) is 0 Å². The first-order chi connectivity index (χ1) is 8.12. The number of rotatable bonds is 2. The predicted octanol–water partition coefficient (Wildman–Crippen LogP) is 3.50. The number of hydrogen-bond donors (Lipinski definition) is 1. The summed E-state index contributed by atoms with van der Waals surface area (Å²) >= 11 is 0. The number of azo groups is 1. The fraction of sp³-hybridized carbons (Fsp3) is 0.286. The Morgan fingerprint density at radius 3 is 2.71 bits per heavy atom. The van der Waals surface area contributed by atoms with Crippen LogP contribution in [0.4, 0.5) is 5.69 Å². The Kier molecular flexibility index (Phi) is 3.20. The molecule has 1 aliphatic rings. The van der Waals surface area contributed by atoms with E-state index >= 15 is 0 Å². The van der Waals surface area contributed by atoms with Crippen LogP contribution in [0.25, 0.3) is 0 Å². The van der Waals surface area contributed by atoms with Crippen molar-refractivity contribution in [3.63, 3.8) is 0 Å². The minimum absolute atomic E-state index is 0.153. The summed E-state index contributed by atoms with van der Waals surface area (Å²) in [5, 5.41) is 8.56. The van der Waals surface area contributed by atoms with Gasteiger partial charge in [0, 0.05) is 5.92 Å². The van der Waals surface area contributed by atoms with Crippen molar-refractivity contribution in [2.24, 2.45) is 21.9 Å². The molecule has 0 spiro atoms. The van der Waals surface area contributed by atoms with Crippen LogP contribution in [0.2, 0.25) is 0 Å². The molecule has 0 saturated carbocycles. The second kappa shape index (κ2) is 4.63. The fourth-order valence-corrected chi connectivity index (χ4v) is 1.69. The van der Waals surface area contributed by atoms with Gasteiger partial charge in [-0.25, -0.2) is 0 Å². The molecule has 0 amide bonds. The van der Waals surface area contributed by atoms with Gasteiger partial charge in [-0.1, -0.05) is 43.4 Å². The topological polar surface area (TPSA) is 50.7 Å². The second-order valence-electron chi connectivity index (χ2n) is 4.41. The molecule has 2 rings (SSSR count). The Balaban J connectivity index is 2.24. The van der Waals surface area contributed by atoms with Crippen LogP contribution in [0.3, 0.4) is 0 Å². The zero-order valence-electron chi connectivity index (χ0n) is 10.2. The molecule has 0 aromatic heterocycles. The van der Waals surface area contributed by atoms with Crippen LogP contribution >= 0.6 is 0 Å². The van der Waals surface area contributed by atoms with Crippen molar-refractivity contribution in [1.29, 1.82) is 0 Å². The number of nitrogens with zero attached hydrogens (tertiary/aromatic N) is 2. The Bertz CT molecular complexity index is 488. The highest BCUT2D eigenvalue weighted by atomic mass is 15.2. The molecule has 0 aliphatic heterocycles. The number of benzene rings is 1. The molecule has 17 heavy (non-hydrogen) atoms. The normalized spacial score (nSPS) is 27.8. The Hall–Kier alpha value is -1.74. The summed E-state index contributed by atoms with van der Waals surface area (Å²) in [6.45, 7) is 4.05. The summed E-state index contributed by atoms with van der Waals surface area (Å²) in [7, 11) is 0. The molecule has 0 heterocycles. The van der Waals surface area contributed by atoms with Gasteiger partial charge in [0.2, 0.25) is 0 Å². The van der Waals surface area contributed by atoms with Crippen molar-refractivity contribution in [3.05, 3.63) is 54.1 Å². The van der Waals surface area contributed by atoms with Gasteiger partial charge in [0.15, 0.2) is 5.66 Å². The highest BCUT2D eigenvalue weighted by Crippen LogP contribution is 2.26. The lowest BCUT2D eigenvalue weighted by Gasteiger charge is -2.26. The van der Waals surface area contributed by atoms with E-state index in [9.17, 15) is 0 Å². The molecule has 1 aromatic carbocycles. The Morgan fingerprint density at radius 2 is 2.00 bits per heavy atom. The molecular formula is C14H17N3. The molecule has 0 radical (unpaired) electrons. The number of hydrogen-bond acceptors (Lipinski definition) is 3. The van der Waals surface area contributed by atoms with Gasteiger partial charge in [-0.15, -0.1) is 0 Å². The van der Waals surface area contributed by atoms with Gasteiger partial charge in [-0.3, -0.25) is 0 Å². The van der Waals surface area contributed by atoms with Gasteiger partial charge in [0.1, 0.15) is 0 Å². The van der Waals surface area contributed by atoms with Crippen LogP contribution < -0.4 is 5.73 Å². The average Bonchev–Trinajstić information content (AvgIpc) is 2.32. The number of aryl methyl sites for hydroxylation is 1. The minimum atomic E-state index is -0.725. The van der Waals surface area contributed by atoms with E-state index in [1.54, 1.807) is 0 Å². The molecule has 0 bridgehead atoms. The number of nitrogens with two attached hydrogens (primary N) is 1. The lowest BCUT2D eigenvalue weighted by Crippen LogP contribution is -2.42. The molecular weight excluding hydrogens is 210 g/mol. The molecule has 0 fully saturated rings. The van der Waals surface area contributed by atoms with E-state index in [-0.39, 0.29) is 5.92 Å². The molecule has 3 heteroatoms. The van der Waals surface area contributed by atoms with Crippen molar-refractivity contribution in [2.45, 2.75) is 19.5 Å². The van der Waals surface area contributed by atoms with E-state index in [4.69, 9.17) is 5.73 Å². The molecule has 88 valence electrons. The fourth-order valence-electron chi connectivity index (χ4n) is 1.69. The predicted molar refractivity (Wildman–Crippen MR) is 70.1 cm³/mol. The van der Waals surface area contributed by atoms with Crippen LogP contribution in [-0.4, -0.2) is 5.66 Å². The zero-order valence-corrected chi connectivity index (χ0v) is 10.2. The first-order valence-corrected chi connectivity index (χ1v) is 5.75. The van der Waals surface area contributed by atoms with Crippen LogP contribution in [0, 0.1) is 12.8 Å². The smallest absolute Gasteiger partial charge is 0.154 e. The summed E-state index contributed by atoms with van der Waals surface area (Å²) in [5.41, 5.74) is 7.44. The van der Waals surface area contributed by atoms with Crippen molar-refractivity contribution >= 4 is 5.69 Å². The summed E-state index contributed by atoms with van der Waals surface area (Å²) in [6, 6.07) is 7.88. The second-order valence-corrected chi connectivity index (χ2v) is 4.41. The minimum Gasteiger partial charge on any atom is -0.302 e. The summed E-state index contributed by atoms with van der Waals surface area (Å²) < 4.78 is 0. The van der Waals surface area contributed by atoms with Gasteiger partial charge >= 0.3 is 0 Å². The van der Waals surface area contributed by atoms with Gasteiger partial charge in [-0.2, -0.15) is 10.2 Å². The van der Waals surface area contributed by atoms with Gasteiger partial charge in [0.25, 0.3) is 0 Å². The first-order valence-electron chi connectivity index (χ1n) is 5.75. The van der Waals surface area contributed by atoms with Crippen molar-refractivity contribution < 1.29 is 0 Å². The standard InChI is InChI=1S/C14H17N3/c1-11-7-3-4-9-13(11)16-17-14(15)10-6-5-8-12(14)2/h3-10,12H,15H2,1-2H3/t12-,14+/m0/s1.